The van der Waals surface area contributed by atoms with Gasteiger partial charge in [-0.2, -0.15) is 4.72 Å². The minimum atomic E-state index is -3.85. The van der Waals surface area contributed by atoms with Crippen molar-refractivity contribution in [2.45, 2.75) is 58.9 Å². The van der Waals surface area contributed by atoms with Crippen LogP contribution < -0.4 is 10.0 Å². The van der Waals surface area contributed by atoms with E-state index in [2.05, 4.69) is 10.0 Å². The molecule has 0 aliphatic heterocycles. The summed E-state index contributed by atoms with van der Waals surface area (Å²) in [4.78, 5) is 12.9. The van der Waals surface area contributed by atoms with Crippen LogP contribution in [0, 0.1) is 33.6 Å². The molecule has 0 aliphatic carbocycles. The quantitative estimate of drug-likeness (QED) is 0.705. The molecule has 6 nitrogen and oxygen atoms in total. The lowest BCUT2D eigenvalue weighted by molar-refractivity contribution is -0.123. The molecule has 0 bridgehead atoms. The van der Waals surface area contributed by atoms with Crippen molar-refractivity contribution < 1.29 is 17.6 Å². The number of aryl methyl sites for hydroxylation is 2. The van der Waals surface area contributed by atoms with Crippen LogP contribution in [0.2, 0.25) is 0 Å². The Morgan fingerprint density at radius 3 is 2.21 bits per heavy atom. The summed E-state index contributed by atoms with van der Waals surface area (Å²) in [5, 5.41) is 2.80. The average Bonchev–Trinajstić information content (AvgIpc) is 3.11. The first-order valence-electron chi connectivity index (χ1n) is 9.44. The zero-order valence-corrected chi connectivity index (χ0v) is 18.2. The molecular formula is C21H30N2O4S. The molecule has 154 valence electrons. The first-order valence-corrected chi connectivity index (χ1v) is 10.9. The second-order valence-corrected chi connectivity index (χ2v) is 9.20. The molecule has 1 heterocycles. The van der Waals surface area contributed by atoms with Gasteiger partial charge in [0.25, 0.3) is 0 Å². The van der Waals surface area contributed by atoms with E-state index in [1.54, 1.807) is 26.2 Å². The number of hydrogen-bond acceptors (Lipinski definition) is 4. The summed E-state index contributed by atoms with van der Waals surface area (Å²) in [6.45, 7) is 11.4. The second kappa shape index (κ2) is 8.92. The van der Waals surface area contributed by atoms with Crippen molar-refractivity contribution >= 4 is 15.9 Å². The number of hydrogen-bond donors (Lipinski definition) is 2. The van der Waals surface area contributed by atoms with Crippen molar-refractivity contribution in [2.24, 2.45) is 5.92 Å². The highest BCUT2D eigenvalue weighted by molar-refractivity contribution is 7.89. The Balaban J connectivity index is 2.20. The Bertz CT molecular complexity index is 906. The number of carbonyl (C=O) groups is 1. The molecule has 2 rings (SSSR count). The largest absolute Gasteiger partial charge is 0.469 e. The van der Waals surface area contributed by atoms with E-state index in [0.717, 1.165) is 16.9 Å². The van der Waals surface area contributed by atoms with E-state index in [9.17, 15) is 13.2 Å². The Kier molecular flexibility index (Phi) is 7.06. The highest BCUT2D eigenvalue weighted by Gasteiger charge is 2.30. The molecule has 1 amide bonds. The molecule has 2 N–H and O–H groups in total. The smallest absolute Gasteiger partial charge is 0.241 e. The van der Waals surface area contributed by atoms with Gasteiger partial charge < -0.3 is 9.73 Å². The van der Waals surface area contributed by atoms with Gasteiger partial charge in [-0.3, -0.25) is 4.79 Å². The SMILES string of the molecule is Cc1cc(C)c(C)c(S(=O)(=O)N[C@H](C(=O)NCCc2ccco2)C(C)C)c1C. The molecule has 1 aromatic heterocycles. The Morgan fingerprint density at radius 2 is 1.71 bits per heavy atom. The maximum atomic E-state index is 13.2. The third kappa shape index (κ3) is 5.02. The first kappa shape index (κ1) is 22.2. The minimum absolute atomic E-state index is 0.204. The maximum Gasteiger partial charge on any atom is 0.241 e. The van der Waals surface area contributed by atoms with E-state index in [1.807, 2.05) is 39.8 Å². The number of rotatable bonds is 8. The van der Waals surface area contributed by atoms with Crippen LogP contribution in [0.5, 0.6) is 0 Å². The second-order valence-electron chi connectivity index (χ2n) is 7.55. The maximum absolute atomic E-state index is 13.2. The molecule has 1 aromatic carbocycles. The fraction of sp³-hybridized carbons (Fsp3) is 0.476. The monoisotopic (exact) mass is 406 g/mol. The van der Waals surface area contributed by atoms with Crippen LogP contribution >= 0.6 is 0 Å². The summed E-state index contributed by atoms with van der Waals surface area (Å²) >= 11 is 0. The van der Waals surface area contributed by atoms with Crippen LogP contribution in [0.1, 0.15) is 41.9 Å². The molecule has 0 aliphatic rings. The van der Waals surface area contributed by atoms with Gasteiger partial charge in [0, 0.05) is 13.0 Å². The van der Waals surface area contributed by atoms with Crippen molar-refractivity contribution in [3.05, 3.63) is 52.5 Å². The van der Waals surface area contributed by atoms with Gasteiger partial charge in [0.2, 0.25) is 15.9 Å². The van der Waals surface area contributed by atoms with Crippen LogP contribution in [-0.4, -0.2) is 26.9 Å². The molecule has 28 heavy (non-hydrogen) atoms. The molecule has 0 unspecified atom stereocenters. The third-order valence-electron chi connectivity index (χ3n) is 5.05. The van der Waals surface area contributed by atoms with E-state index in [4.69, 9.17) is 4.42 Å². The molecule has 2 aromatic rings. The summed E-state index contributed by atoms with van der Waals surface area (Å²) in [6.07, 6.45) is 2.13. The number of sulfonamides is 1. The molecule has 0 saturated carbocycles. The molecule has 0 radical (unpaired) electrons. The Hall–Kier alpha value is -2.12. The van der Waals surface area contributed by atoms with Gasteiger partial charge in [-0.25, -0.2) is 8.42 Å². The molecule has 0 spiro atoms. The summed E-state index contributed by atoms with van der Waals surface area (Å²) in [6, 6.07) is 4.74. The fourth-order valence-corrected chi connectivity index (χ4v) is 5.14. The third-order valence-corrected chi connectivity index (χ3v) is 6.76. The molecule has 7 heteroatoms. The van der Waals surface area contributed by atoms with Crippen molar-refractivity contribution in [1.29, 1.82) is 0 Å². The summed E-state index contributed by atoms with van der Waals surface area (Å²) < 4.78 is 34.2. The van der Waals surface area contributed by atoms with Gasteiger partial charge in [0.15, 0.2) is 0 Å². The van der Waals surface area contributed by atoms with Crippen LogP contribution in [0.15, 0.2) is 33.8 Å². The van der Waals surface area contributed by atoms with Crippen LogP contribution in [0.3, 0.4) is 0 Å². The van der Waals surface area contributed by atoms with Gasteiger partial charge in [-0.05, 0) is 68.0 Å². The molecular weight excluding hydrogens is 376 g/mol. The van der Waals surface area contributed by atoms with Gasteiger partial charge >= 0.3 is 0 Å². The highest BCUT2D eigenvalue weighted by atomic mass is 32.2. The summed E-state index contributed by atoms with van der Waals surface area (Å²) in [5.74, 6) is 0.221. The van der Waals surface area contributed by atoms with Gasteiger partial charge in [-0.1, -0.05) is 19.9 Å². The number of carbonyl (C=O) groups excluding carboxylic acids is 1. The number of amides is 1. The fourth-order valence-electron chi connectivity index (χ4n) is 3.18. The van der Waals surface area contributed by atoms with Gasteiger partial charge in [0.05, 0.1) is 11.2 Å². The van der Waals surface area contributed by atoms with Crippen molar-refractivity contribution in [2.75, 3.05) is 6.54 Å². The normalized spacial score (nSPS) is 13.0. The van der Waals surface area contributed by atoms with E-state index in [-0.39, 0.29) is 16.7 Å². The van der Waals surface area contributed by atoms with Gasteiger partial charge in [0.1, 0.15) is 11.8 Å². The standard InChI is InChI=1S/C21H30N2O4S/c1-13(2)19(21(24)22-10-9-18-8-7-11-27-18)23-28(25,26)20-16(5)14(3)12-15(4)17(20)6/h7-8,11-13,19,23H,9-10H2,1-6H3,(H,22,24)/t19-/m0/s1. The summed E-state index contributed by atoms with van der Waals surface area (Å²) in [7, 11) is -3.85. The number of furan rings is 1. The van der Waals surface area contributed by atoms with Crippen molar-refractivity contribution in [3.8, 4) is 0 Å². The van der Waals surface area contributed by atoms with Crippen LogP contribution in [0.4, 0.5) is 0 Å². The average molecular weight is 407 g/mol. The topological polar surface area (TPSA) is 88.4 Å². The first-order chi connectivity index (χ1) is 13.0. The van der Waals surface area contributed by atoms with E-state index < -0.39 is 16.1 Å². The zero-order valence-electron chi connectivity index (χ0n) is 17.4. The van der Waals surface area contributed by atoms with E-state index >= 15 is 0 Å². The lowest BCUT2D eigenvalue weighted by Crippen LogP contribution is -2.50. The van der Waals surface area contributed by atoms with E-state index in [0.29, 0.717) is 24.1 Å². The Morgan fingerprint density at radius 1 is 1.11 bits per heavy atom. The molecule has 1 atom stereocenters. The van der Waals surface area contributed by atoms with E-state index in [1.165, 1.54) is 0 Å². The van der Waals surface area contributed by atoms with Crippen LogP contribution in [0.25, 0.3) is 0 Å². The molecule has 0 fully saturated rings. The predicted octanol–water partition coefficient (Wildman–Crippen LogP) is 3.18. The van der Waals surface area contributed by atoms with Crippen molar-refractivity contribution in [3.63, 3.8) is 0 Å². The highest BCUT2D eigenvalue weighted by Crippen LogP contribution is 2.26. The Labute approximate surface area is 167 Å². The molecule has 0 saturated heterocycles. The number of nitrogens with one attached hydrogen (secondary N) is 2. The van der Waals surface area contributed by atoms with Crippen molar-refractivity contribution in [1.82, 2.24) is 10.0 Å². The minimum Gasteiger partial charge on any atom is -0.469 e. The lowest BCUT2D eigenvalue weighted by Gasteiger charge is -2.23. The van der Waals surface area contributed by atoms with Crippen LogP contribution in [-0.2, 0) is 21.2 Å². The van der Waals surface area contributed by atoms with Gasteiger partial charge in [-0.15, -0.1) is 0 Å². The predicted molar refractivity (Wildman–Crippen MR) is 110 cm³/mol. The summed E-state index contributed by atoms with van der Waals surface area (Å²) in [5.41, 5.74) is 3.23. The zero-order chi connectivity index (χ0) is 21.1. The lowest BCUT2D eigenvalue weighted by atomic mass is 10.0. The number of benzene rings is 1.